The first-order valence-corrected chi connectivity index (χ1v) is 8.55. The second kappa shape index (κ2) is 5.33. The maximum Gasteiger partial charge on any atom is 0.250 e. The van der Waals surface area contributed by atoms with Gasteiger partial charge in [-0.1, -0.05) is 23.9 Å². The van der Waals surface area contributed by atoms with Crippen molar-refractivity contribution in [3.63, 3.8) is 0 Å². The van der Waals surface area contributed by atoms with Crippen molar-refractivity contribution >= 4 is 41.0 Å². The molecule has 0 bridgehead atoms. The largest absolute Gasteiger partial charge is 0.339 e. The molecule has 1 unspecified atom stereocenters. The highest BCUT2D eigenvalue weighted by atomic mass is 32.2. The smallest absolute Gasteiger partial charge is 0.250 e. The minimum Gasteiger partial charge on any atom is -0.339 e. The molecular formula is C14H16N2O2S2. The molecule has 2 amide bonds. The van der Waals surface area contributed by atoms with Crippen LogP contribution in [0.5, 0.6) is 0 Å². The van der Waals surface area contributed by atoms with Crippen LogP contribution in [0.25, 0.3) is 0 Å². The summed E-state index contributed by atoms with van der Waals surface area (Å²) >= 11 is 3.21. The van der Waals surface area contributed by atoms with Crippen molar-refractivity contribution in [1.82, 2.24) is 4.90 Å². The molecule has 0 aliphatic carbocycles. The number of nitrogens with one attached hydrogen (secondary N) is 1. The van der Waals surface area contributed by atoms with E-state index in [1.807, 2.05) is 40.9 Å². The molecule has 1 fully saturated rings. The Labute approximate surface area is 126 Å². The van der Waals surface area contributed by atoms with E-state index in [-0.39, 0.29) is 11.8 Å². The van der Waals surface area contributed by atoms with Gasteiger partial charge in [0.15, 0.2) is 4.75 Å². The van der Waals surface area contributed by atoms with Gasteiger partial charge in [-0.2, -0.15) is 11.8 Å². The van der Waals surface area contributed by atoms with Gasteiger partial charge in [0.2, 0.25) is 11.8 Å². The Kier molecular flexibility index (Phi) is 3.69. The van der Waals surface area contributed by atoms with Gasteiger partial charge in [0, 0.05) is 29.5 Å². The van der Waals surface area contributed by atoms with Gasteiger partial charge in [-0.15, -0.1) is 0 Å². The standard InChI is InChI=1S/C14H16N2O2S2/c1-14(13(18)16-6-8-19-9-7-16)12(17)15-10-4-2-3-5-11(10)20-14/h2-5H,6-9H2,1H3,(H,15,17). The van der Waals surface area contributed by atoms with Crippen molar-refractivity contribution < 1.29 is 9.59 Å². The first-order valence-electron chi connectivity index (χ1n) is 6.58. The lowest BCUT2D eigenvalue weighted by Gasteiger charge is -2.37. The van der Waals surface area contributed by atoms with Crippen LogP contribution in [0.1, 0.15) is 6.92 Å². The van der Waals surface area contributed by atoms with Crippen molar-refractivity contribution in [1.29, 1.82) is 0 Å². The first kappa shape index (κ1) is 13.8. The molecule has 106 valence electrons. The second-order valence-electron chi connectivity index (χ2n) is 4.99. The van der Waals surface area contributed by atoms with Crippen LogP contribution in [0.3, 0.4) is 0 Å². The predicted octanol–water partition coefficient (Wildman–Crippen LogP) is 2.06. The Balaban J connectivity index is 1.88. The van der Waals surface area contributed by atoms with Gasteiger partial charge in [-0.3, -0.25) is 9.59 Å². The molecule has 1 N–H and O–H groups in total. The molecular weight excluding hydrogens is 292 g/mol. The summed E-state index contributed by atoms with van der Waals surface area (Å²) in [5.74, 6) is 1.61. The zero-order chi connectivity index (χ0) is 14.2. The van der Waals surface area contributed by atoms with Crippen molar-refractivity contribution in [3.05, 3.63) is 24.3 Å². The summed E-state index contributed by atoms with van der Waals surface area (Å²) in [5.41, 5.74) is 0.793. The molecule has 3 rings (SSSR count). The summed E-state index contributed by atoms with van der Waals surface area (Å²) in [6.45, 7) is 3.19. The molecule has 1 saturated heterocycles. The minimum atomic E-state index is -1.06. The highest BCUT2D eigenvalue weighted by Crippen LogP contribution is 2.43. The lowest BCUT2D eigenvalue weighted by atomic mass is 10.1. The van der Waals surface area contributed by atoms with E-state index in [9.17, 15) is 9.59 Å². The summed E-state index contributed by atoms with van der Waals surface area (Å²) in [7, 11) is 0. The number of carbonyl (C=O) groups excluding carboxylic acids is 2. The normalized spacial score (nSPS) is 25.9. The van der Waals surface area contributed by atoms with Gasteiger partial charge in [0.05, 0.1) is 5.69 Å². The highest BCUT2D eigenvalue weighted by molar-refractivity contribution is 8.02. The SMILES string of the molecule is CC1(C(=O)N2CCSCC2)Sc2ccccc2NC1=O. The number of anilines is 1. The third-order valence-corrected chi connectivity index (χ3v) is 5.88. The van der Waals surface area contributed by atoms with E-state index in [4.69, 9.17) is 0 Å². The number of nitrogens with zero attached hydrogens (tertiary/aromatic N) is 1. The van der Waals surface area contributed by atoms with Crippen molar-refractivity contribution in [2.75, 3.05) is 29.9 Å². The number of hydrogen-bond donors (Lipinski definition) is 1. The van der Waals surface area contributed by atoms with E-state index < -0.39 is 4.75 Å². The van der Waals surface area contributed by atoms with E-state index in [2.05, 4.69) is 5.32 Å². The van der Waals surface area contributed by atoms with E-state index in [0.717, 1.165) is 35.2 Å². The van der Waals surface area contributed by atoms with E-state index in [0.29, 0.717) is 0 Å². The summed E-state index contributed by atoms with van der Waals surface area (Å²) in [5, 5.41) is 2.86. The Morgan fingerprint density at radius 3 is 2.75 bits per heavy atom. The highest BCUT2D eigenvalue weighted by Gasteiger charge is 2.47. The molecule has 0 saturated carbocycles. The van der Waals surface area contributed by atoms with Crippen LogP contribution in [0.2, 0.25) is 0 Å². The van der Waals surface area contributed by atoms with Crippen LogP contribution >= 0.6 is 23.5 Å². The number of rotatable bonds is 1. The number of hydrogen-bond acceptors (Lipinski definition) is 4. The average molecular weight is 308 g/mol. The van der Waals surface area contributed by atoms with Gasteiger partial charge >= 0.3 is 0 Å². The monoisotopic (exact) mass is 308 g/mol. The molecule has 2 heterocycles. The third kappa shape index (κ3) is 2.31. The number of fused-ring (bicyclic) bond motifs is 1. The van der Waals surface area contributed by atoms with Crippen molar-refractivity contribution in [2.45, 2.75) is 16.6 Å². The molecule has 0 spiro atoms. The van der Waals surface area contributed by atoms with E-state index in [1.165, 1.54) is 11.8 Å². The van der Waals surface area contributed by atoms with Crippen LogP contribution in [0.4, 0.5) is 5.69 Å². The molecule has 1 aromatic rings. The third-order valence-electron chi connectivity index (χ3n) is 3.59. The lowest BCUT2D eigenvalue weighted by molar-refractivity contribution is -0.137. The van der Waals surface area contributed by atoms with Crippen LogP contribution in [-0.2, 0) is 9.59 Å². The number of amides is 2. The summed E-state index contributed by atoms with van der Waals surface area (Å²) in [4.78, 5) is 27.9. The van der Waals surface area contributed by atoms with Gasteiger partial charge in [-0.25, -0.2) is 0 Å². The van der Waals surface area contributed by atoms with Crippen LogP contribution in [0.15, 0.2) is 29.2 Å². The maximum atomic E-state index is 12.7. The molecule has 20 heavy (non-hydrogen) atoms. The summed E-state index contributed by atoms with van der Waals surface area (Å²) in [6.07, 6.45) is 0. The lowest BCUT2D eigenvalue weighted by Crippen LogP contribution is -2.55. The van der Waals surface area contributed by atoms with Crippen LogP contribution < -0.4 is 5.32 Å². The number of benzene rings is 1. The molecule has 1 atom stereocenters. The zero-order valence-electron chi connectivity index (χ0n) is 11.2. The number of carbonyl (C=O) groups is 2. The molecule has 0 aromatic heterocycles. The summed E-state index contributed by atoms with van der Waals surface area (Å²) < 4.78 is -1.06. The van der Waals surface area contributed by atoms with Gasteiger partial charge < -0.3 is 10.2 Å². The fourth-order valence-electron chi connectivity index (χ4n) is 2.38. The molecule has 2 aliphatic rings. The molecule has 2 aliphatic heterocycles. The Bertz CT molecular complexity index is 558. The second-order valence-corrected chi connectivity index (χ2v) is 7.68. The fraction of sp³-hybridized carbons (Fsp3) is 0.429. The van der Waals surface area contributed by atoms with Gasteiger partial charge in [0.25, 0.3) is 0 Å². The molecule has 1 aromatic carbocycles. The average Bonchev–Trinajstić information content (AvgIpc) is 2.48. The van der Waals surface area contributed by atoms with Crippen LogP contribution in [0, 0.1) is 0 Å². The Hall–Kier alpha value is -1.14. The van der Waals surface area contributed by atoms with E-state index >= 15 is 0 Å². The minimum absolute atomic E-state index is 0.0743. The van der Waals surface area contributed by atoms with Gasteiger partial charge in [-0.05, 0) is 19.1 Å². The van der Waals surface area contributed by atoms with Gasteiger partial charge in [0.1, 0.15) is 0 Å². The topological polar surface area (TPSA) is 49.4 Å². The Morgan fingerprint density at radius 2 is 2.00 bits per heavy atom. The van der Waals surface area contributed by atoms with Crippen molar-refractivity contribution in [2.24, 2.45) is 0 Å². The Morgan fingerprint density at radius 1 is 1.30 bits per heavy atom. The maximum absolute atomic E-state index is 12.7. The van der Waals surface area contributed by atoms with Crippen molar-refractivity contribution in [3.8, 4) is 0 Å². The first-order chi connectivity index (χ1) is 9.61. The quantitative estimate of drug-likeness (QED) is 0.807. The fourth-order valence-corrected chi connectivity index (χ4v) is 4.45. The summed E-state index contributed by atoms with van der Waals surface area (Å²) in [6, 6.07) is 7.61. The van der Waals surface area contributed by atoms with Crippen LogP contribution in [-0.4, -0.2) is 46.1 Å². The predicted molar refractivity (Wildman–Crippen MR) is 83.2 cm³/mol. The number of thioether (sulfide) groups is 2. The zero-order valence-corrected chi connectivity index (χ0v) is 12.9. The molecule has 4 nitrogen and oxygen atoms in total. The van der Waals surface area contributed by atoms with E-state index in [1.54, 1.807) is 6.92 Å². The number of para-hydroxylation sites is 1. The molecule has 0 radical (unpaired) electrons. The molecule has 6 heteroatoms.